The fraction of sp³-hybridized carbons (Fsp3) is 0.600. The zero-order valence-electron chi connectivity index (χ0n) is 18.3. The summed E-state index contributed by atoms with van der Waals surface area (Å²) >= 11 is 0. The molecule has 1 aromatic rings. The molecule has 0 aliphatic carbocycles. The quantitative estimate of drug-likeness (QED) is 0.519. The number of halogens is 6. The molecule has 2 aliphatic rings. The molecule has 35 heavy (non-hydrogen) atoms. The first-order chi connectivity index (χ1) is 16.1. The van der Waals surface area contributed by atoms with E-state index in [0.29, 0.717) is 13.0 Å². The van der Waals surface area contributed by atoms with Crippen molar-refractivity contribution in [3.05, 3.63) is 30.1 Å². The third-order valence-electron chi connectivity index (χ3n) is 5.46. The molecule has 1 spiro atoms. The summed E-state index contributed by atoms with van der Waals surface area (Å²) in [7, 11) is 0. The normalized spacial score (nSPS) is 17.8. The Kier molecular flexibility index (Phi) is 10.9. The number of rotatable bonds is 4. The summed E-state index contributed by atoms with van der Waals surface area (Å²) in [6.07, 6.45) is -2.92. The van der Waals surface area contributed by atoms with Crippen LogP contribution in [0.25, 0.3) is 0 Å². The number of piperidine rings is 1. The van der Waals surface area contributed by atoms with Crippen LogP contribution in [0, 0.1) is 0 Å². The molecule has 2 saturated heterocycles. The lowest BCUT2D eigenvalue weighted by Gasteiger charge is -2.45. The van der Waals surface area contributed by atoms with Crippen LogP contribution in [-0.4, -0.2) is 92.1 Å². The minimum atomic E-state index is -5.08. The number of carbonyl (C=O) groups is 3. The van der Waals surface area contributed by atoms with Crippen LogP contribution in [-0.2, 0) is 20.9 Å². The molecular weight excluding hydrogens is 492 g/mol. The average Bonchev–Trinajstić information content (AvgIpc) is 3.06. The Labute approximate surface area is 196 Å². The summed E-state index contributed by atoms with van der Waals surface area (Å²) in [5.74, 6) is -5.23. The second kappa shape index (κ2) is 12.7. The highest BCUT2D eigenvalue weighted by Gasteiger charge is 2.46. The third kappa shape index (κ3) is 9.68. The Morgan fingerprint density at radius 3 is 1.80 bits per heavy atom. The molecule has 0 aromatic carbocycles. The summed E-state index contributed by atoms with van der Waals surface area (Å²) < 4.78 is 63.5. The summed E-state index contributed by atoms with van der Waals surface area (Å²) in [6.45, 7) is 3.60. The minimum absolute atomic E-state index is 0.0340. The SMILES string of the molecule is O=C(O)C(F)(F)F.O=C(O)C(F)(F)F.O=C1CCC2(CCN(CCO)CC2)N1Cc1ccncc1. The molecule has 198 valence electrons. The summed E-state index contributed by atoms with van der Waals surface area (Å²) in [6, 6.07) is 3.97. The number of carboxylic acid groups (broad SMARTS) is 2. The number of aliphatic hydroxyl groups excluding tert-OH is 1. The molecule has 0 saturated carbocycles. The van der Waals surface area contributed by atoms with Crippen LogP contribution < -0.4 is 0 Å². The van der Waals surface area contributed by atoms with Crippen molar-refractivity contribution in [1.29, 1.82) is 0 Å². The molecule has 3 rings (SSSR count). The van der Waals surface area contributed by atoms with E-state index in [1.54, 1.807) is 12.4 Å². The molecular formula is C20H25F6N3O6. The number of carboxylic acids is 2. The molecule has 15 heteroatoms. The number of hydrogen-bond acceptors (Lipinski definition) is 6. The number of aromatic nitrogens is 1. The predicted molar refractivity (Wildman–Crippen MR) is 107 cm³/mol. The molecule has 2 fully saturated rings. The molecule has 1 aromatic heterocycles. The van der Waals surface area contributed by atoms with Crippen LogP contribution in [0.1, 0.15) is 31.2 Å². The number of likely N-dealkylation sites (tertiary alicyclic amines) is 2. The Hall–Kier alpha value is -2.94. The number of amides is 1. The fourth-order valence-electron chi connectivity index (χ4n) is 3.65. The topological polar surface area (TPSA) is 131 Å². The Morgan fingerprint density at radius 2 is 1.40 bits per heavy atom. The van der Waals surface area contributed by atoms with Crippen LogP contribution in [0.3, 0.4) is 0 Å². The van der Waals surface area contributed by atoms with Gasteiger partial charge in [-0.2, -0.15) is 26.3 Å². The van der Waals surface area contributed by atoms with Crippen LogP contribution in [0.2, 0.25) is 0 Å². The zero-order valence-corrected chi connectivity index (χ0v) is 18.3. The maximum atomic E-state index is 12.3. The molecule has 0 atom stereocenters. The van der Waals surface area contributed by atoms with Crippen molar-refractivity contribution >= 4 is 17.8 Å². The number of nitrogens with zero attached hydrogens (tertiary/aromatic N) is 3. The van der Waals surface area contributed by atoms with E-state index in [1.165, 1.54) is 0 Å². The van der Waals surface area contributed by atoms with E-state index in [-0.39, 0.29) is 18.1 Å². The molecule has 0 unspecified atom stereocenters. The van der Waals surface area contributed by atoms with Crippen molar-refractivity contribution in [3.63, 3.8) is 0 Å². The number of pyridine rings is 1. The first kappa shape index (κ1) is 30.1. The van der Waals surface area contributed by atoms with Crippen LogP contribution >= 0.6 is 0 Å². The average molecular weight is 517 g/mol. The van der Waals surface area contributed by atoms with Crippen LogP contribution in [0.4, 0.5) is 26.3 Å². The van der Waals surface area contributed by atoms with Crippen molar-refractivity contribution in [2.24, 2.45) is 0 Å². The highest BCUT2D eigenvalue weighted by Crippen LogP contribution is 2.40. The van der Waals surface area contributed by atoms with Crippen molar-refractivity contribution in [2.75, 3.05) is 26.2 Å². The van der Waals surface area contributed by atoms with Gasteiger partial charge in [0.25, 0.3) is 0 Å². The molecule has 3 N–H and O–H groups in total. The lowest BCUT2D eigenvalue weighted by Crippen LogP contribution is -2.53. The maximum Gasteiger partial charge on any atom is 0.490 e. The third-order valence-corrected chi connectivity index (χ3v) is 5.46. The predicted octanol–water partition coefficient (Wildman–Crippen LogP) is 2.30. The van der Waals surface area contributed by atoms with Crippen LogP contribution in [0.5, 0.6) is 0 Å². The summed E-state index contributed by atoms with van der Waals surface area (Å²) in [5.41, 5.74) is 1.18. The number of β-amino-alcohol motifs (C(OH)–C–C–N with tert-alkyl or cyclic N) is 1. The zero-order chi connectivity index (χ0) is 26.9. The van der Waals surface area contributed by atoms with Gasteiger partial charge in [-0.15, -0.1) is 0 Å². The van der Waals surface area contributed by atoms with Gasteiger partial charge in [0.1, 0.15) is 0 Å². The number of carbonyl (C=O) groups excluding carboxylic acids is 1. The Morgan fingerprint density at radius 1 is 0.943 bits per heavy atom. The van der Waals surface area contributed by atoms with Crippen molar-refractivity contribution in [1.82, 2.24) is 14.8 Å². The molecule has 9 nitrogen and oxygen atoms in total. The van der Waals surface area contributed by atoms with E-state index in [1.807, 2.05) is 12.1 Å². The smallest absolute Gasteiger partial charge is 0.475 e. The summed E-state index contributed by atoms with van der Waals surface area (Å²) in [4.78, 5) is 38.5. The van der Waals surface area contributed by atoms with Gasteiger partial charge in [-0.05, 0) is 37.0 Å². The van der Waals surface area contributed by atoms with Crippen molar-refractivity contribution in [2.45, 2.75) is 50.1 Å². The Bertz CT molecular complexity index is 818. The van der Waals surface area contributed by atoms with E-state index >= 15 is 0 Å². The molecule has 0 radical (unpaired) electrons. The van der Waals surface area contributed by atoms with Crippen molar-refractivity contribution in [3.8, 4) is 0 Å². The first-order valence-corrected chi connectivity index (χ1v) is 10.3. The van der Waals surface area contributed by atoms with Gasteiger partial charge < -0.3 is 25.1 Å². The van der Waals surface area contributed by atoms with Gasteiger partial charge >= 0.3 is 24.3 Å². The molecule has 0 bridgehead atoms. The lowest BCUT2D eigenvalue weighted by molar-refractivity contribution is -0.193. The van der Waals surface area contributed by atoms with Gasteiger partial charge in [0.15, 0.2) is 0 Å². The van der Waals surface area contributed by atoms with Gasteiger partial charge in [0.2, 0.25) is 5.91 Å². The van der Waals surface area contributed by atoms with Gasteiger partial charge in [0.05, 0.1) is 6.61 Å². The maximum absolute atomic E-state index is 12.3. The Balaban J connectivity index is 0.000000362. The largest absolute Gasteiger partial charge is 0.490 e. The van der Waals surface area contributed by atoms with E-state index in [0.717, 1.165) is 44.5 Å². The number of hydrogen-bond donors (Lipinski definition) is 3. The number of alkyl halides is 6. The van der Waals surface area contributed by atoms with Gasteiger partial charge in [-0.3, -0.25) is 9.78 Å². The van der Waals surface area contributed by atoms with E-state index in [9.17, 15) is 31.1 Å². The fourth-order valence-corrected chi connectivity index (χ4v) is 3.65. The monoisotopic (exact) mass is 517 g/mol. The van der Waals surface area contributed by atoms with E-state index < -0.39 is 24.3 Å². The minimum Gasteiger partial charge on any atom is -0.475 e. The summed E-state index contributed by atoms with van der Waals surface area (Å²) in [5, 5.41) is 23.3. The van der Waals surface area contributed by atoms with E-state index in [4.69, 9.17) is 24.9 Å². The second-order valence-corrected chi connectivity index (χ2v) is 7.73. The van der Waals surface area contributed by atoms with Gasteiger partial charge in [-0.1, -0.05) is 0 Å². The number of aliphatic hydroxyl groups is 1. The van der Waals surface area contributed by atoms with Gasteiger partial charge in [-0.25, -0.2) is 9.59 Å². The molecule has 3 heterocycles. The molecule has 2 aliphatic heterocycles. The van der Waals surface area contributed by atoms with Crippen LogP contribution in [0.15, 0.2) is 24.5 Å². The lowest BCUT2D eigenvalue weighted by atomic mass is 9.84. The first-order valence-electron chi connectivity index (χ1n) is 10.3. The standard InChI is InChI=1S/C16H23N3O2.2C2HF3O2/c20-12-11-18-9-5-16(6-10-18)4-1-15(21)19(16)13-14-2-7-17-8-3-14;2*3-2(4,5)1(6)7/h2-3,7-8,20H,1,4-6,9-13H2;2*(H,6,7). The molecule has 1 amide bonds. The highest BCUT2D eigenvalue weighted by molar-refractivity contribution is 5.79. The highest BCUT2D eigenvalue weighted by atomic mass is 19.4. The number of aliphatic carboxylic acids is 2. The van der Waals surface area contributed by atoms with E-state index in [2.05, 4.69) is 14.8 Å². The van der Waals surface area contributed by atoms with Gasteiger partial charge in [0, 0.05) is 50.5 Å². The van der Waals surface area contributed by atoms with Crippen molar-refractivity contribution < 1.29 is 56.0 Å². The second-order valence-electron chi connectivity index (χ2n) is 7.73.